The predicted octanol–water partition coefficient (Wildman–Crippen LogP) is 1.58. The van der Waals surface area contributed by atoms with Gasteiger partial charge in [-0.1, -0.05) is 6.92 Å². The van der Waals surface area contributed by atoms with Crippen molar-refractivity contribution in [3.8, 4) is 0 Å². The SMILES string of the molecule is CCN1CCC(O)(c2ccoc2)CC1. The molecule has 1 aliphatic rings. The molecule has 2 heterocycles. The van der Waals surface area contributed by atoms with E-state index >= 15 is 0 Å². The van der Waals surface area contributed by atoms with E-state index in [-0.39, 0.29) is 0 Å². The van der Waals surface area contributed by atoms with Crippen molar-refractivity contribution in [3.63, 3.8) is 0 Å². The van der Waals surface area contributed by atoms with Gasteiger partial charge < -0.3 is 14.4 Å². The molecule has 78 valence electrons. The fraction of sp³-hybridized carbons (Fsp3) is 0.636. The van der Waals surface area contributed by atoms with Gasteiger partial charge in [0.05, 0.1) is 18.1 Å². The highest BCUT2D eigenvalue weighted by Gasteiger charge is 2.34. The van der Waals surface area contributed by atoms with E-state index in [1.54, 1.807) is 12.5 Å². The van der Waals surface area contributed by atoms with Crippen molar-refractivity contribution in [3.05, 3.63) is 24.2 Å². The lowest BCUT2D eigenvalue weighted by Crippen LogP contribution is -2.42. The molecule has 3 heteroatoms. The second kappa shape index (κ2) is 3.75. The first-order valence-corrected chi connectivity index (χ1v) is 5.22. The van der Waals surface area contributed by atoms with Gasteiger partial charge >= 0.3 is 0 Å². The summed E-state index contributed by atoms with van der Waals surface area (Å²) in [4.78, 5) is 2.36. The van der Waals surface area contributed by atoms with Crippen LogP contribution in [-0.2, 0) is 5.60 Å². The molecule has 0 atom stereocenters. The van der Waals surface area contributed by atoms with Crippen LogP contribution in [-0.4, -0.2) is 29.6 Å². The maximum absolute atomic E-state index is 10.4. The fourth-order valence-corrected chi connectivity index (χ4v) is 2.06. The summed E-state index contributed by atoms with van der Waals surface area (Å²) in [6.07, 6.45) is 4.89. The van der Waals surface area contributed by atoms with Crippen molar-refractivity contribution in [1.82, 2.24) is 4.90 Å². The third-order valence-corrected chi connectivity index (χ3v) is 3.19. The van der Waals surface area contributed by atoms with Crippen LogP contribution in [0.2, 0.25) is 0 Å². The maximum atomic E-state index is 10.4. The molecular weight excluding hydrogens is 178 g/mol. The lowest BCUT2D eigenvalue weighted by molar-refractivity contribution is -0.0250. The van der Waals surface area contributed by atoms with Crippen LogP contribution in [0.15, 0.2) is 23.0 Å². The monoisotopic (exact) mass is 195 g/mol. The molecule has 0 aliphatic carbocycles. The standard InChI is InChI=1S/C11H17NO2/c1-2-12-6-4-11(13,5-7-12)10-3-8-14-9-10/h3,8-9,13H,2,4-7H2,1H3. The molecule has 1 aromatic rings. The van der Waals surface area contributed by atoms with Gasteiger partial charge in [0.25, 0.3) is 0 Å². The molecule has 1 aliphatic heterocycles. The van der Waals surface area contributed by atoms with Crippen LogP contribution in [0, 0.1) is 0 Å². The number of hydrogen-bond acceptors (Lipinski definition) is 3. The van der Waals surface area contributed by atoms with E-state index in [0.717, 1.165) is 38.0 Å². The molecule has 0 spiro atoms. The Hall–Kier alpha value is -0.800. The van der Waals surface area contributed by atoms with Gasteiger partial charge in [-0.3, -0.25) is 0 Å². The number of likely N-dealkylation sites (tertiary alicyclic amines) is 1. The number of piperidine rings is 1. The molecule has 0 unspecified atom stereocenters. The molecule has 0 radical (unpaired) electrons. The average molecular weight is 195 g/mol. The van der Waals surface area contributed by atoms with E-state index in [1.807, 2.05) is 6.07 Å². The van der Waals surface area contributed by atoms with Crippen LogP contribution in [0.3, 0.4) is 0 Å². The van der Waals surface area contributed by atoms with Gasteiger partial charge in [0, 0.05) is 18.7 Å². The van der Waals surface area contributed by atoms with E-state index in [4.69, 9.17) is 4.42 Å². The van der Waals surface area contributed by atoms with Gasteiger partial charge in [0.1, 0.15) is 0 Å². The van der Waals surface area contributed by atoms with Crippen molar-refractivity contribution in [2.24, 2.45) is 0 Å². The first kappa shape index (κ1) is 9.74. The van der Waals surface area contributed by atoms with Crippen LogP contribution in [0.25, 0.3) is 0 Å². The zero-order valence-electron chi connectivity index (χ0n) is 8.57. The largest absolute Gasteiger partial charge is 0.472 e. The Kier molecular flexibility index (Phi) is 2.61. The van der Waals surface area contributed by atoms with Crippen LogP contribution in [0.5, 0.6) is 0 Å². The highest BCUT2D eigenvalue weighted by atomic mass is 16.3. The van der Waals surface area contributed by atoms with E-state index in [2.05, 4.69) is 11.8 Å². The normalized spacial score (nSPS) is 22.4. The minimum Gasteiger partial charge on any atom is -0.472 e. The van der Waals surface area contributed by atoms with Crippen molar-refractivity contribution in [2.75, 3.05) is 19.6 Å². The second-order valence-corrected chi connectivity index (χ2v) is 3.98. The molecule has 1 fully saturated rings. The van der Waals surface area contributed by atoms with Crippen LogP contribution in [0.4, 0.5) is 0 Å². The van der Waals surface area contributed by atoms with Crippen LogP contribution >= 0.6 is 0 Å². The molecule has 2 rings (SSSR count). The summed E-state index contributed by atoms with van der Waals surface area (Å²) < 4.78 is 5.01. The Bertz CT molecular complexity index is 273. The van der Waals surface area contributed by atoms with Crippen LogP contribution in [0.1, 0.15) is 25.3 Å². The second-order valence-electron chi connectivity index (χ2n) is 3.98. The zero-order valence-corrected chi connectivity index (χ0v) is 8.57. The van der Waals surface area contributed by atoms with Gasteiger partial charge in [0.15, 0.2) is 0 Å². The summed E-state index contributed by atoms with van der Waals surface area (Å²) in [6.45, 7) is 5.17. The highest BCUT2D eigenvalue weighted by molar-refractivity contribution is 5.17. The summed E-state index contributed by atoms with van der Waals surface area (Å²) >= 11 is 0. The number of hydrogen-bond donors (Lipinski definition) is 1. The summed E-state index contributed by atoms with van der Waals surface area (Å²) in [6, 6.07) is 1.86. The maximum Gasteiger partial charge on any atom is 0.0963 e. The number of aliphatic hydroxyl groups is 1. The van der Waals surface area contributed by atoms with Crippen molar-refractivity contribution in [1.29, 1.82) is 0 Å². The quantitative estimate of drug-likeness (QED) is 0.778. The molecule has 14 heavy (non-hydrogen) atoms. The summed E-state index contributed by atoms with van der Waals surface area (Å²) in [7, 11) is 0. The molecule has 3 nitrogen and oxygen atoms in total. The number of rotatable bonds is 2. The average Bonchev–Trinajstić information content (AvgIpc) is 2.72. The van der Waals surface area contributed by atoms with Crippen molar-refractivity contribution >= 4 is 0 Å². The molecular formula is C11H17NO2. The van der Waals surface area contributed by atoms with Gasteiger partial charge in [-0.05, 0) is 25.5 Å². The van der Waals surface area contributed by atoms with Gasteiger partial charge in [-0.25, -0.2) is 0 Å². The van der Waals surface area contributed by atoms with E-state index in [9.17, 15) is 5.11 Å². The minimum atomic E-state index is -0.654. The first-order chi connectivity index (χ1) is 6.74. The van der Waals surface area contributed by atoms with E-state index in [1.165, 1.54) is 0 Å². The summed E-state index contributed by atoms with van der Waals surface area (Å²) in [5.41, 5.74) is 0.270. The van der Waals surface area contributed by atoms with Crippen molar-refractivity contribution in [2.45, 2.75) is 25.4 Å². The molecule has 0 amide bonds. The van der Waals surface area contributed by atoms with Gasteiger partial charge in [-0.2, -0.15) is 0 Å². The van der Waals surface area contributed by atoms with Crippen LogP contribution < -0.4 is 0 Å². The fourth-order valence-electron chi connectivity index (χ4n) is 2.06. The molecule has 0 saturated carbocycles. The molecule has 0 bridgehead atoms. The predicted molar refractivity (Wildman–Crippen MR) is 54.0 cm³/mol. The smallest absolute Gasteiger partial charge is 0.0963 e. The molecule has 1 saturated heterocycles. The Balaban J connectivity index is 2.06. The Morgan fingerprint density at radius 2 is 2.21 bits per heavy atom. The molecule has 1 N–H and O–H groups in total. The van der Waals surface area contributed by atoms with E-state index in [0.29, 0.717) is 0 Å². The first-order valence-electron chi connectivity index (χ1n) is 5.22. The highest BCUT2D eigenvalue weighted by Crippen LogP contribution is 2.32. The van der Waals surface area contributed by atoms with Gasteiger partial charge in [-0.15, -0.1) is 0 Å². The minimum absolute atomic E-state index is 0.654. The lowest BCUT2D eigenvalue weighted by atomic mass is 9.86. The number of nitrogens with zero attached hydrogens (tertiary/aromatic N) is 1. The summed E-state index contributed by atoms with van der Waals surface area (Å²) in [5, 5.41) is 10.4. The third-order valence-electron chi connectivity index (χ3n) is 3.19. The topological polar surface area (TPSA) is 36.6 Å². The van der Waals surface area contributed by atoms with Crippen molar-refractivity contribution < 1.29 is 9.52 Å². The number of furan rings is 1. The molecule has 1 aromatic heterocycles. The zero-order chi connectivity index (χ0) is 10.0. The lowest BCUT2D eigenvalue weighted by Gasteiger charge is -2.37. The Labute approximate surface area is 84.3 Å². The Morgan fingerprint density at radius 3 is 2.71 bits per heavy atom. The molecule has 0 aromatic carbocycles. The van der Waals surface area contributed by atoms with Gasteiger partial charge in [0.2, 0.25) is 0 Å². The van der Waals surface area contributed by atoms with E-state index < -0.39 is 5.60 Å². The Morgan fingerprint density at radius 1 is 1.50 bits per heavy atom. The summed E-state index contributed by atoms with van der Waals surface area (Å²) in [5.74, 6) is 0. The third kappa shape index (κ3) is 1.70.